The molecule has 38 heavy (non-hydrogen) atoms. The molecule has 4 rings (SSSR count). The Labute approximate surface area is 226 Å². The monoisotopic (exact) mass is 531 g/mol. The molecule has 1 aliphatic heterocycles. The molecule has 3 aromatic rings. The lowest BCUT2D eigenvalue weighted by molar-refractivity contribution is -0.137. The van der Waals surface area contributed by atoms with Gasteiger partial charge in [0.2, 0.25) is 0 Å². The first kappa shape index (κ1) is 27.0. The number of benzene rings is 3. The molecule has 8 nitrogen and oxygen atoms in total. The van der Waals surface area contributed by atoms with Gasteiger partial charge in [0, 0.05) is 42.1 Å². The molecule has 9 heteroatoms. The van der Waals surface area contributed by atoms with Crippen LogP contribution in [0.5, 0.6) is 5.75 Å². The van der Waals surface area contributed by atoms with Crippen LogP contribution in [0.15, 0.2) is 88.3 Å². The highest BCUT2D eigenvalue weighted by atomic mass is 32.2. The molecule has 0 spiro atoms. The lowest BCUT2D eigenvalue weighted by Gasteiger charge is -2.14. The first-order valence-corrected chi connectivity index (χ1v) is 12.9. The summed E-state index contributed by atoms with van der Waals surface area (Å²) < 4.78 is 10.3. The van der Waals surface area contributed by atoms with Crippen LogP contribution in [0.1, 0.15) is 22.3 Å². The Kier molecular flexibility index (Phi) is 8.83. The molecule has 0 bridgehead atoms. The summed E-state index contributed by atoms with van der Waals surface area (Å²) in [5, 5.41) is 6.00. The number of hydrogen-bond donors (Lipinski definition) is 2. The number of aryl methyl sites for hydroxylation is 1. The SMILES string of the molecule is COCCCN1C(=O)C(Nc2ccc(OC)cc2)=C(Sc2ccc(NC(=O)c3ccc(C)cc3)cc2)C1=O. The van der Waals surface area contributed by atoms with Crippen molar-refractivity contribution < 1.29 is 23.9 Å². The Morgan fingerprint density at radius 2 is 1.53 bits per heavy atom. The number of carbonyl (C=O) groups is 3. The van der Waals surface area contributed by atoms with Gasteiger partial charge in [-0.1, -0.05) is 29.5 Å². The summed E-state index contributed by atoms with van der Waals surface area (Å²) in [6, 6.07) is 21.6. The van der Waals surface area contributed by atoms with Crippen molar-refractivity contribution in [1.29, 1.82) is 0 Å². The first-order valence-electron chi connectivity index (χ1n) is 12.1. The number of carbonyl (C=O) groups excluding carboxylic acids is 3. The van der Waals surface area contributed by atoms with Gasteiger partial charge in [-0.25, -0.2) is 0 Å². The van der Waals surface area contributed by atoms with Gasteiger partial charge in [0.25, 0.3) is 17.7 Å². The molecule has 1 aliphatic rings. The van der Waals surface area contributed by atoms with E-state index in [2.05, 4.69) is 10.6 Å². The first-order chi connectivity index (χ1) is 18.4. The van der Waals surface area contributed by atoms with Gasteiger partial charge in [0.05, 0.1) is 7.11 Å². The van der Waals surface area contributed by atoms with Crippen molar-refractivity contribution >= 4 is 40.9 Å². The molecule has 0 fully saturated rings. The number of methoxy groups -OCH3 is 2. The Morgan fingerprint density at radius 3 is 2.16 bits per heavy atom. The second-order valence-corrected chi connectivity index (χ2v) is 9.70. The number of nitrogens with one attached hydrogen (secondary N) is 2. The van der Waals surface area contributed by atoms with Crippen LogP contribution in [0.3, 0.4) is 0 Å². The lowest BCUT2D eigenvalue weighted by Crippen LogP contribution is -2.33. The minimum Gasteiger partial charge on any atom is -0.497 e. The molecule has 0 atom stereocenters. The summed E-state index contributed by atoms with van der Waals surface area (Å²) >= 11 is 1.20. The van der Waals surface area contributed by atoms with Crippen LogP contribution < -0.4 is 15.4 Å². The molecule has 0 aromatic heterocycles. The van der Waals surface area contributed by atoms with Crippen molar-refractivity contribution in [2.75, 3.05) is 38.0 Å². The molecular weight excluding hydrogens is 502 g/mol. The van der Waals surface area contributed by atoms with Crippen LogP contribution in [0.25, 0.3) is 0 Å². The van der Waals surface area contributed by atoms with Gasteiger partial charge >= 0.3 is 0 Å². The number of ether oxygens (including phenoxy) is 2. The Balaban J connectivity index is 1.52. The van der Waals surface area contributed by atoms with Crippen molar-refractivity contribution in [1.82, 2.24) is 4.90 Å². The summed E-state index contributed by atoms with van der Waals surface area (Å²) in [5.41, 5.74) is 3.15. The summed E-state index contributed by atoms with van der Waals surface area (Å²) in [5.74, 6) is -0.263. The maximum Gasteiger partial charge on any atom is 0.278 e. The van der Waals surface area contributed by atoms with Crippen LogP contribution in [-0.2, 0) is 14.3 Å². The maximum atomic E-state index is 13.3. The summed E-state index contributed by atoms with van der Waals surface area (Å²) in [7, 11) is 3.16. The Hall–Kier alpha value is -4.08. The quantitative estimate of drug-likeness (QED) is 0.263. The molecule has 0 radical (unpaired) electrons. The lowest BCUT2D eigenvalue weighted by atomic mass is 10.1. The van der Waals surface area contributed by atoms with E-state index in [9.17, 15) is 14.4 Å². The standard InChI is InChI=1S/C29H29N3O5S/c1-19-5-7-20(8-6-19)27(33)31-22-11-15-24(16-12-22)38-26-25(30-21-9-13-23(37-3)14-10-21)28(34)32(29(26)35)17-4-18-36-2/h5-16,30H,4,17-18H2,1-3H3,(H,31,33). The highest BCUT2D eigenvalue weighted by Gasteiger charge is 2.38. The second kappa shape index (κ2) is 12.4. The van der Waals surface area contributed by atoms with E-state index < -0.39 is 0 Å². The fraction of sp³-hybridized carbons (Fsp3) is 0.207. The van der Waals surface area contributed by atoms with Gasteiger partial charge in [-0.05, 0) is 74.0 Å². The minimum absolute atomic E-state index is 0.206. The number of hydrogen-bond acceptors (Lipinski definition) is 7. The van der Waals surface area contributed by atoms with E-state index in [0.29, 0.717) is 40.6 Å². The molecule has 196 valence electrons. The zero-order chi connectivity index (χ0) is 27.1. The predicted molar refractivity (Wildman–Crippen MR) is 148 cm³/mol. The molecule has 1 heterocycles. The fourth-order valence-corrected chi connectivity index (χ4v) is 4.73. The van der Waals surface area contributed by atoms with E-state index in [4.69, 9.17) is 9.47 Å². The van der Waals surface area contributed by atoms with Crippen LogP contribution in [0.2, 0.25) is 0 Å². The van der Waals surface area contributed by atoms with Crippen molar-refractivity contribution in [2.24, 2.45) is 0 Å². The number of imide groups is 1. The van der Waals surface area contributed by atoms with Crippen LogP contribution in [0, 0.1) is 6.92 Å². The average Bonchev–Trinajstić information content (AvgIpc) is 3.14. The molecule has 3 amide bonds. The van der Waals surface area contributed by atoms with Crippen molar-refractivity contribution in [3.63, 3.8) is 0 Å². The van der Waals surface area contributed by atoms with Gasteiger partial charge in [0.1, 0.15) is 16.4 Å². The second-order valence-electron chi connectivity index (χ2n) is 8.61. The fourth-order valence-electron chi connectivity index (χ4n) is 3.78. The molecule has 3 aromatic carbocycles. The minimum atomic E-state index is -0.383. The number of thioether (sulfide) groups is 1. The van der Waals surface area contributed by atoms with Gasteiger partial charge in [-0.2, -0.15) is 0 Å². The van der Waals surface area contributed by atoms with E-state index >= 15 is 0 Å². The van der Waals surface area contributed by atoms with E-state index in [-0.39, 0.29) is 30.0 Å². The third-order valence-corrected chi connectivity index (χ3v) is 6.95. The number of nitrogens with zero attached hydrogens (tertiary/aromatic N) is 1. The summed E-state index contributed by atoms with van der Waals surface area (Å²) in [6.07, 6.45) is 0.539. The zero-order valence-electron chi connectivity index (χ0n) is 21.4. The maximum absolute atomic E-state index is 13.3. The average molecular weight is 532 g/mol. The zero-order valence-corrected chi connectivity index (χ0v) is 22.3. The van der Waals surface area contributed by atoms with Gasteiger partial charge < -0.3 is 20.1 Å². The molecule has 2 N–H and O–H groups in total. The van der Waals surface area contributed by atoms with Crippen LogP contribution in [-0.4, -0.2) is 50.0 Å². The normalized spacial score (nSPS) is 13.2. The summed E-state index contributed by atoms with van der Waals surface area (Å²) in [4.78, 5) is 41.3. The molecule has 0 saturated carbocycles. The Bertz CT molecular complexity index is 1340. The van der Waals surface area contributed by atoms with Gasteiger partial charge in [-0.15, -0.1) is 0 Å². The predicted octanol–water partition coefficient (Wildman–Crippen LogP) is 5.08. The van der Waals surface area contributed by atoms with E-state index in [1.165, 1.54) is 16.7 Å². The largest absolute Gasteiger partial charge is 0.497 e. The Morgan fingerprint density at radius 1 is 0.868 bits per heavy atom. The van der Waals surface area contributed by atoms with E-state index in [1.54, 1.807) is 74.9 Å². The highest BCUT2D eigenvalue weighted by Crippen LogP contribution is 2.36. The molecular formula is C29H29N3O5S. The molecule has 0 aliphatic carbocycles. The summed E-state index contributed by atoms with van der Waals surface area (Å²) in [6.45, 7) is 2.66. The third kappa shape index (κ3) is 6.42. The van der Waals surface area contributed by atoms with Crippen LogP contribution >= 0.6 is 11.8 Å². The van der Waals surface area contributed by atoms with E-state index in [1.807, 2.05) is 19.1 Å². The van der Waals surface area contributed by atoms with Gasteiger partial charge in [0.15, 0.2) is 0 Å². The molecule has 0 saturated heterocycles. The number of rotatable bonds is 11. The van der Waals surface area contributed by atoms with Gasteiger partial charge in [-0.3, -0.25) is 19.3 Å². The molecule has 0 unspecified atom stereocenters. The smallest absolute Gasteiger partial charge is 0.278 e. The third-order valence-electron chi connectivity index (χ3n) is 5.86. The highest BCUT2D eigenvalue weighted by molar-refractivity contribution is 8.04. The van der Waals surface area contributed by atoms with Crippen molar-refractivity contribution in [3.05, 3.63) is 94.5 Å². The van der Waals surface area contributed by atoms with Crippen LogP contribution in [0.4, 0.5) is 11.4 Å². The number of anilines is 2. The van der Waals surface area contributed by atoms with Crippen molar-refractivity contribution in [2.45, 2.75) is 18.2 Å². The number of amides is 3. The van der Waals surface area contributed by atoms with E-state index in [0.717, 1.165) is 10.5 Å². The topological polar surface area (TPSA) is 97.0 Å². The van der Waals surface area contributed by atoms with Crippen molar-refractivity contribution in [3.8, 4) is 5.75 Å².